The predicted molar refractivity (Wildman–Crippen MR) is 69.8 cm³/mol. The van der Waals surface area contributed by atoms with Crippen molar-refractivity contribution in [3.05, 3.63) is 23.8 Å². The lowest BCUT2D eigenvalue weighted by Gasteiger charge is -2.32. The zero-order chi connectivity index (χ0) is 13.3. The zero-order valence-corrected chi connectivity index (χ0v) is 11.4. The van der Waals surface area contributed by atoms with Gasteiger partial charge in [0, 0.05) is 18.3 Å². The van der Waals surface area contributed by atoms with E-state index in [9.17, 15) is 8.42 Å². The molecule has 0 amide bonds. The third-order valence-corrected chi connectivity index (χ3v) is 5.26. The van der Waals surface area contributed by atoms with Crippen molar-refractivity contribution in [3.63, 3.8) is 0 Å². The van der Waals surface area contributed by atoms with Crippen LogP contribution in [0.25, 0.3) is 0 Å². The summed E-state index contributed by atoms with van der Waals surface area (Å²) in [5.74, 6) is 0. The number of rotatable bonds is 2. The molecule has 1 aliphatic heterocycles. The number of benzene rings is 1. The molecule has 0 aromatic heterocycles. The molecule has 0 radical (unpaired) electrons. The van der Waals surface area contributed by atoms with Gasteiger partial charge in [0.25, 0.3) is 0 Å². The molecule has 1 aromatic rings. The van der Waals surface area contributed by atoms with E-state index in [1.165, 1.54) is 10.4 Å². The van der Waals surface area contributed by atoms with Crippen LogP contribution in [0.4, 0.5) is 5.69 Å². The van der Waals surface area contributed by atoms with Gasteiger partial charge in [0.15, 0.2) is 0 Å². The maximum absolute atomic E-state index is 12.6. The summed E-state index contributed by atoms with van der Waals surface area (Å²) in [5.41, 5.74) is 6.85. The molecular formula is C12H18N2O3S. The molecule has 18 heavy (non-hydrogen) atoms. The molecule has 1 aliphatic rings. The Kier molecular flexibility index (Phi) is 3.61. The quantitative estimate of drug-likeness (QED) is 0.813. The van der Waals surface area contributed by atoms with E-state index in [1.807, 2.05) is 6.92 Å². The van der Waals surface area contributed by atoms with Crippen LogP contribution >= 0.6 is 0 Å². The van der Waals surface area contributed by atoms with Gasteiger partial charge in [-0.25, -0.2) is 8.42 Å². The monoisotopic (exact) mass is 270 g/mol. The van der Waals surface area contributed by atoms with Gasteiger partial charge in [-0.1, -0.05) is 6.07 Å². The lowest BCUT2D eigenvalue weighted by atomic mass is 10.2. The third kappa shape index (κ3) is 2.36. The van der Waals surface area contributed by atoms with Crippen LogP contribution in [0.5, 0.6) is 0 Å². The maximum atomic E-state index is 12.6. The second kappa shape index (κ2) is 4.87. The SMILES string of the molecule is Cc1ccc(N)cc1S(=O)(=O)N1CCOC[C@@H]1C. The van der Waals surface area contributed by atoms with Crippen molar-refractivity contribution in [1.82, 2.24) is 4.31 Å². The fraction of sp³-hybridized carbons (Fsp3) is 0.500. The van der Waals surface area contributed by atoms with Crippen LogP contribution < -0.4 is 5.73 Å². The molecule has 0 unspecified atom stereocenters. The lowest BCUT2D eigenvalue weighted by Crippen LogP contribution is -2.47. The summed E-state index contributed by atoms with van der Waals surface area (Å²) in [4.78, 5) is 0.288. The van der Waals surface area contributed by atoms with Crippen molar-refractivity contribution in [3.8, 4) is 0 Å². The number of morpholine rings is 1. The Bertz CT molecular complexity index is 542. The fourth-order valence-electron chi connectivity index (χ4n) is 2.09. The number of anilines is 1. The molecular weight excluding hydrogens is 252 g/mol. The van der Waals surface area contributed by atoms with Crippen molar-refractivity contribution in [2.75, 3.05) is 25.5 Å². The number of hydrogen-bond acceptors (Lipinski definition) is 4. The first-order valence-electron chi connectivity index (χ1n) is 5.88. The zero-order valence-electron chi connectivity index (χ0n) is 10.6. The normalized spacial score (nSPS) is 22.0. The van der Waals surface area contributed by atoms with Crippen LogP contribution in [0.1, 0.15) is 12.5 Å². The largest absolute Gasteiger partial charge is 0.399 e. The number of nitrogen functional groups attached to an aromatic ring is 1. The smallest absolute Gasteiger partial charge is 0.243 e. The standard InChI is InChI=1S/C12H18N2O3S/c1-9-3-4-11(13)7-12(9)18(15,16)14-5-6-17-8-10(14)2/h3-4,7,10H,5-6,8,13H2,1-2H3/t10-/m0/s1. The van der Waals surface area contributed by atoms with E-state index < -0.39 is 10.0 Å². The van der Waals surface area contributed by atoms with Gasteiger partial charge in [0.2, 0.25) is 10.0 Å². The molecule has 0 bridgehead atoms. The molecule has 1 atom stereocenters. The number of ether oxygens (including phenoxy) is 1. The van der Waals surface area contributed by atoms with Crippen molar-refractivity contribution in [2.24, 2.45) is 0 Å². The van der Waals surface area contributed by atoms with Gasteiger partial charge in [-0.2, -0.15) is 4.31 Å². The number of sulfonamides is 1. The minimum Gasteiger partial charge on any atom is -0.399 e. The summed E-state index contributed by atoms with van der Waals surface area (Å²) in [6, 6.07) is 4.81. The van der Waals surface area contributed by atoms with Gasteiger partial charge in [0.1, 0.15) is 0 Å². The van der Waals surface area contributed by atoms with Gasteiger partial charge in [-0.3, -0.25) is 0 Å². The number of hydrogen-bond donors (Lipinski definition) is 1. The van der Waals surface area contributed by atoms with E-state index >= 15 is 0 Å². The molecule has 0 saturated carbocycles. The van der Waals surface area contributed by atoms with Crippen molar-refractivity contribution < 1.29 is 13.2 Å². The molecule has 5 nitrogen and oxygen atoms in total. The van der Waals surface area contributed by atoms with E-state index in [0.717, 1.165) is 0 Å². The first-order chi connectivity index (χ1) is 8.43. The van der Waals surface area contributed by atoms with Gasteiger partial charge in [0.05, 0.1) is 18.1 Å². The summed E-state index contributed by atoms with van der Waals surface area (Å²) < 4.78 is 31.9. The minimum absolute atomic E-state index is 0.149. The number of nitrogens with zero attached hydrogens (tertiary/aromatic N) is 1. The summed E-state index contributed by atoms with van der Waals surface area (Å²) in [5, 5.41) is 0. The Morgan fingerprint density at radius 3 is 2.83 bits per heavy atom. The topological polar surface area (TPSA) is 72.6 Å². The average molecular weight is 270 g/mol. The van der Waals surface area contributed by atoms with E-state index in [0.29, 0.717) is 31.0 Å². The van der Waals surface area contributed by atoms with Crippen LogP contribution in [0.3, 0.4) is 0 Å². The summed E-state index contributed by atoms with van der Waals surface area (Å²) in [6.07, 6.45) is 0. The highest BCUT2D eigenvalue weighted by atomic mass is 32.2. The molecule has 2 rings (SSSR count). The van der Waals surface area contributed by atoms with Crippen LogP contribution in [0.2, 0.25) is 0 Å². The first kappa shape index (κ1) is 13.3. The minimum atomic E-state index is -3.49. The highest BCUT2D eigenvalue weighted by Crippen LogP contribution is 2.25. The summed E-state index contributed by atoms with van der Waals surface area (Å²) in [6.45, 7) is 4.87. The molecule has 100 valence electrons. The Labute approximate surface area is 108 Å². The van der Waals surface area contributed by atoms with E-state index in [4.69, 9.17) is 10.5 Å². The Morgan fingerprint density at radius 1 is 1.44 bits per heavy atom. The Morgan fingerprint density at radius 2 is 2.17 bits per heavy atom. The fourth-order valence-corrected chi connectivity index (χ4v) is 3.95. The van der Waals surface area contributed by atoms with Crippen molar-refractivity contribution in [1.29, 1.82) is 0 Å². The maximum Gasteiger partial charge on any atom is 0.243 e. The number of aryl methyl sites for hydroxylation is 1. The summed E-state index contributed by atoms with van der Waals surface area (Å²) in [7, 11) is -3.49. The third-order valence-electron chi connectivity index (χ3n) is 3.11. The van der Waals surface area contributed by atoms with Gasteiger partial charge >= 0.3 is 0 Å². The van der Waals surface area contributed by atoms with Crippen LogP contribution in [-0.4, -0.2) is 38.5 Å². The van der Waals surface area contributed by atoms with Crippen LogP contribution in [0, 0.1) is 6.92 Å². The van der Waals surface area contributed by atoms with E-state index in [-0.39, 0.29) is 10.9 Å². The highest BCUT2D eigenvalue weighted by molar-refractivity contribution is 7.89. The molecule has 6 heteroatoms. The Hall–Kier alpha value is -1.11. The van der Waals surface area contributed by atoms with Gasteiger partial charge in [-0.15, -0.1) is 0 Å². The van der Waals surface area contributed by atoms with E-state index in [2.05, 4.69) is 0 Å². The van der Waals surface area contributed by atoms with Crippen LogP contribution in [0.15, 0.2) is 23.1 Å². The molecule has 1 aromatic carbocycles. The van der Waals surface area contributed by atoms with Crippen LogP contribution in [-0.2, 0) is 14.8 Å². The van der Waals surface area contributed by atoms with Gasteiger partial charge in [-0.05, 0) is 31.5 Å². The second-order valence-corrected chi connectivity index (χ2v) is 6.42. The first-order valence-corrected chi connectivity index (χ1v) is 7.32. The molecule has 2 N–H and O–H groups in total. The summed E-state index contributed by atoms with van der Waals surface area (Å²) >= 11 is 0. The van der Waals surface area contributed by atoms with Crippen molar-refractivity contribution >= 4 is 15.7 Å². The molecule has 1 fully saturated rings. The molecule has 0 spiro atoms. The highest BCUT2D eigenvalue weighted by Gasteiger charge is 2.32. The Balaban J connectivity index is 2.44. The predicted octanol–water partition coefficient (Wildman–Crippen LogP) is 0.987. The second-order valence-electron chi connectivity index (χ2n) is 4.56. The molecule has 1 saturated heterocycles. The van der Waals surface area contributed by atoms with Crippen molar-refractivity contribution in [2.45, 2.75) is 24.8 Å². The molecule has 0 aliphatic carbocycles. The van der Waals surface area contributed by atoms with Gasteiger partial charge < -0.3 is 10.5 Å². The molecule has 1 heterocycles. The van der Waals surface area contributed by atoms with E-state index in [1.54, 1.807) is 19.1 Å². The number of nitrogens with two attached hydrogens (primary N) is 1. The average Bonchev–Trinajstić information content (AvgIpc) is 2.32. The lowest BCUT2D eigenvalue weighted by molar-refractivity contribution is 0.0392.